The van der Waals surface area contributed by atoms with Crippen molar-refractivity contribution in [2.24, 2.45) is 5.92 Å². The SMILES string of the molecule is C=C(/C=C\C=C(/C)C=O)CCCNCC1CC1. The van der Waals surface area contributed by atoms with Gasteiger partial charge in [-0.25, -0.2) is 0 Å². The van der Waals surface area contributed by atoms with E-state index in [-0.39, 0.29) is 0 Å². The van der Waals surface area contributed by atoms with Crippen LogP contribution >= 0.6 is 0 Å². The Bertz CT molecular complexity index is 311. The highest BCUT2D eigenvalue weighted by Gasteiger charge is 2.19. The largest absolute Gasteiger partial charge is 0.316 e. The Morgan fingerprint density at radius 2 is 2.24 bits per heavy atom. The van der Waals surface area contributed by atoms with Crippen LogP contribution in [0.5, 0.6) is 0 Å². The van der Waals surface area contributed by atoms with Gasteiger partial charge in [0, 0.05) is 0 Å². The molecule has 0 aliphatic heterocycles. The number of nitrogens with one attached hydrogen (secondary N) is 1. The van der Waals surface area contributed by atoms with E-state index in [1.165, 1.54) is 19.4 Å². The summed E-state index contributed by atoms with van der Waals surface area (Å²) in [5.41, 5.74) is 1.85. The van der Waals surface area contributed by atoms with E-state index in [1.807, 2.05) is 18.2 Å². The minimum atomic E-state index is 0.736. The minimum absolute atomic E-state index is 0.736. The van der Waals surface area contributed by atoms with E-state index in [1.54, 1.807) is 6.92 Å². The third kappa shape index (κ3) is 7.70. The molecule has 0 saturated heterocycles. The molecule has 0 amide bonds. The van der Waals surface area contributed by atoms with Crippen molar-refractivity contribution in [2.75, 3.05) is 13.1 Å². The topological polar surface area (TPSA) is 29.1 Å². The molecule has 94 valence electrons. The molecule has 1 fully saturated rings. The smallest absolute Gasteiger partial charge is 0.145 e. The van der Waals surface area contributed by atoms with Crippen LogP contribution in [-0.4, -0.2) is 19.4 Å². The van der Waals surface area contributed by atoms with E-state index < -0.39 is 0 Å². The van der Waals surface area contributed by atoms with Crippen molar-refractivity contribution >= 4 is 6.29 Å². The highest BCUT2D eigenvalue weighted by atomic mass is 16.1. The molecule has 0 heterocycles. The van der Waals surface area contributed by atoms with Gasteiger partial charge in [0.05, 0.1) is 0 Å². The summed E-state index contributed by atoms with van der Waals surface area (Å²) in [6.07, 6.45) is 11.5. The maximum Gasteiger partial charge on any atom is 0.145 e. The normalized spacial score (nSPS) is 16.4. The monoisotopic (exact) mass is 233 g/mol. The molecule has 0 radical (unpaired) electrons. The molecule has 0 aromatic rings. The summed E-state index contributed by atoms with van der Waals surface area (Å²) in [7, 11) is 0. The van der Waals surface area contributed by atoms with E-state index in [4.69, 9.17) is 0 Å². The van der Waals surface area contributed by atoms with Crippen molar-refractivity contribution in [1.29, 1.82) is 0 Å². The molecule has 2 nitrogen and oxygen atoms in total. The van der Waals surface area contributed by atoms with Crippen molar-refractivity contribution < 1.29 is 4.79 Å². The fourth-order valence-corrected chi connectivity index (χ4v) is 1.53. The molecule has 1 saturated carbocycles. The second-order valence-corrected chi connectivity index (χ2v) is 4.80. The quantitative estimate of drug-likeness (QED) is 0.287. The van der Waals surface area contributed by atoms with Crippen LogP contribution in [0.1, 0.15) is 32.6 Å². The first-order chi connectivity index (χ1) is 8.22. The lowest BCUT2D eigenvalue weighted by molar-refractivity contribution is -0.104. The highest BCUT2D eigenvalue weighted by molar-refractivity contribution is 5.72. The molecule has 1 aliphatic rings. The van der Waals surface area contributed by atoms with Gasteiger partial charge in [0.1, 0.15) is 6.29 Å². The van der Waals surface area contributed by atoms with Crippen molar-refractivity contribution in [3.63, 3.8) is 0 Å². The third-order valence-corrected chi connectivity index (χ3v) is 2.86. The molecule has 0 aromatic carbocycles. The Morgan fingerprint density at radius 1 is 1.47 bits per heavy atom. The summed E-state index contributed by atoms with van der Waals surface area (Å²) in [4.78, 5) is 10.4. The molecule has 0 unspecified atom stereocenters. The van der Waals surface area contributed by atoms with Crippen LogP contribution in [0, 0.1) is 5.92 Å². The van der Waals surface area contributed by atoms with Crippen LogP contribution in [0.25, 0.3) is 0 Å². The minimum Gasteiger partial charge on any atom is -0.316 e. The average molecular weight is 233 g/mol. The van der Waals surface area contributed by atoms with Crippen LogP contribution in [0.15, 0.2) is 36.0 Å². The van der Waals surface area contributed by atoms with Gasteiger partial charge in [-0.1, -0.05) is 30.4 Å². The summed E-state index contributed by atoms with van der Waals surface area (Å²) in [5, 5.41) is 3.46. The first-order valence-corrected chi connectivity index (χ1v) is 6.41. The van der Waals surface area contributed by atoms with Crippen molar-refractivity contribution in [1.82, 2.24) is 5.32 Å². The van der Waals surface area contributed by atoms with Gasteiger partial charge >= 0.3 is 0 Å². The van der Waals surface area contributed by atoms with Crippen molar-refractivity contribution in [3.8, 4) is 0 Å². The number of rotatable bonds is 9. The number of hydrogen-bond donors (Lipinski definition) is 1. The Kier molecular flexibility index (Phi) is 6.56. The Morgan fingerprint density at radius 3 is 2.88 bits per heavy atom. The fourth-order valence-electron chi connectivity index (χ4n) is 1.53. The van der Waals surface area contributed by atoms with Gasteiger partial charge in [-0.2, -0.15) is 0 Å². The number of allylic oxidation sites excluding steroid dienone is 5. The number of aldehydes is 1. The molecule has 1 aliphatic carbocycles. The van der Waals surface area contributed by atoms with Gasteiger partial charge in [-0.3, -0.25) is 4.79 Å². The molecule has 1 N–H and O–H groups in total. The van der Waals surface area contributed by atoms with Gasteiger partial charge in [0.2, 0.25) is 0 Å². The summed E-state index contributed by atoms with van der Waals surface area (Å²) in [5.74, 6) is 0.953. The van der Waals surface area contributed by atoms with Gasteiger partial charge in [0.25, 0.3) is 0 Å². The third-order valence-electron chi connectivity index (χ3n) is 2.86. The Labute approximate surface area is 104 Å². The van der Waals surface area contributed by atoms with Crippen LogP contribution in [0.3, 0.4) is 0 Å². The summed E-state index contributed by atoms with van der Waals surface area (Å²) in [6.45, 7) is 8.04. The number of carbonyl (C=O) groups excluding carboxylic acids is 1. The first kappa shape index (κ1) is 13.9. The molecule has 0 spiro atoms. The summed E-state index contributed by atoms with van der Waals surface area (Å²) >= 11 is 0. The molecule has 0 bridgehead atoms. The second kappa shape index (κ2) is 8.02. The molecular formula is C15H23NO. The van der Waals surface area contributed by atoms with Crippen LogP contribution in [0.2, 0.25) is 0 Å². The summed E-state index contributed by atoms with van der Waals surface area (Å²) in [6, 6.07) is 0. The summed E-state index contributed by atoms with van der Waals surface area (Å²) < 4.78 is 0. The Balaban J connectivity index is 2.01. The van der Waals surface area contributed by atoms with Crippen molar-refractivity contribution in [3.05, 3.63) is 36.0 Å². The van der Waals surface area contributed by atoms with Gasteiger partial charge in [0.15, 0.2) is 0 Å². The Hall–Kier alpha value is -1.15. The molecular weight excluding hydrogens is 210 g/mol. The predicted molar refractivity (Wildman–Crippen MR) is 72.9 cm³/mol. The number of carbonyl (C=O) groups is 1. The van der Waals surface area contributed by atoms with E-state index >= 15 is 0 Å². The predicted octanol–water partition coefficient (Wildman–Crippen LogP) is 3.02. The van der Waals surface area contributed by atoms with Crippen LogP contribution in [-0.2, 0) is 4.79 Å². The van der Waals surface area contributed by atoms with E-state index in [2.05, 4.69) is 11.9 Å². The average Bonchev–Trinajstić information content (AvgIpc) is 3.12. The standard InChI is InChI=1S/C15H23NO/c1-13(5-3-6-14(2)12-17)7-4-10-16-11-15-8-9-15/h3,5-6,12,15-16H,1,4,7-11H2,2H3/b5-3-,14-6+. The number of hydrogen-bond acceptors (Lipinski definition) is 2. The molecule has 17 heavy (non-hydrogen) atoms. The van der Waals surface area contributed by atoms with Crippen molar-refractivity contribution in [2.45, 2.75) is 32.6 Å². The highest BCUT2D eigenvalue weighted by Crippen LogP contribution is 2.27. The molecule has 2 heteroatoms. The van der Waals surface area contributed by atoms with Gasteiger partial charge in [-0.05, 0) is 57.2 Å². The lowest BCUT2D eigenvalue weighted by atomic mass is 10.1. The maximum atomic E-state index is 10.4. The lowest BCUT2D eigenvalue weighted by Gasteiger charge is -2.03. The van der Waals surface area contributed by atoms with E-state index in [9.17, 15) is 4.79 Å². The van der Waals surface area contributed by atoms with Crippen LogP contribution < -0.4 is 5.32 Å². The lowest BCUT2D eigenvalue weighted by Crippen LogP contribution is -2.17. The first-order valence-electron chi connectivity index (χ1n) is 6.41. The zero-order chi connectivity index (χ0) is 12.5. The molecule has 0 aromatic heterocycles. The molecule has 0 atom stereocenters. The van der Waals surface area contributed by atoms with Gasteiger partial charge in [-0.15, -0.1) is 0 Å². The zero-order valence-electron chi connectivity index (χ0n) is 10.7. The van der Waals surface area contributed by atoms with Gasteiger partial charge < -0.3 is 5.32 Å². The maximum absolute atomic E-state index is 10.4. The van der Waals surface area contributed by atoms with E-state index in [0.717, 1.165) is 42.7 Å². The zero-order valence-corrected chi connectivity index (χ0v) is 10.7. The van der Waals surface area contributed by atoms with Crippen LogP contribution in [0.4, 0.5) is 0 Å². The molecule has 1 rings (SSSR count). The van der Waals surface area contributed by atoms with E-state index in [0.29, 0.717) is 0 Å². The second-order valence-electron chi connectivity index (χ2n) is 4.80. The fraction of sp³-hybridized carbons (Fsp3) is 0.533.